The summed E-state index contributed by atoms with van der Waals surface area (Å²) < 4.78 is 1.90. The van der Waals surface area contributed by atoms with Gasteiger partial charge in [0, 0.05) is 12.1 Å². The molecule has 19 heavy (non-hydrogen) atoms. The average molecular weight is 258 g/mol. The van der Waals surface area contributed by atoms with E-state index in [1.54, 1.807) is 0 Å². The fourth-order valence-electron chi connectivity index (χ4n) is 1.86. The van der Waals surface area contributed by atoms with Gasteiger partial charge in [-0.05, 0) is 44.9 Å². The van der Waals surface area contributed by atoms with Crippen molar-refractivity contribution in [2.24, 2.45) is 0 Å². The van der Waals surface area contributed by atoms with Gasteiger partial charge in [-0.15, -0.1) is 5.10 Å². The van der Waals surface area contributed by atoms with Crippen LogP contribution in [-0.4, -0.2) is 20.5 Å². The summed E-state index contributed by atoms with van der Waals surface area (Å²) >= 11 is 0. The van der Waals surface area contributed by atoms with Gasteiger partial charge < -0.3 is 5.32 Å². The van der Waals surface area contributed by atoms with E-state index < -0.39 is 0 Å². The van der Waals surface area contributed by atoms with E-state index in [2.05, 4.69) is 67.6 Å². The van der Waals surface area contributed by atoms with E-state index in [1.807, 2.05) is 10.9 Å². The van der Waals surface area contributed by atoms with Crippen LogP contribution in [0.5, 0.6) is 0 Å². The van der Waals surface area contributed by atoms with Gasteiger partial charge in [0.1, 0.15) is 0 Å². The largest absolute Gasteiger partial charge is 0.306 e. The zero-order valence-electron chi connectivity index (χ0n) is 12.1. The number of nitrogens with one attached hydrogen (secondary N) is 1. The first kappa shape index (κ1) is 13.7. The van der Waals surface area contributed by atoms with E-state index in [0.29, 0.717) is 0 Å². The third kappa shape index (κ3) is 3.64. The van der Waals surface area contributed by atoms with Gasteiger partial charge in [-0.1, -0.05) is 24.3 Å². The summed E-state index contributed by atoms with van der Waals surface area (Å²) in [7, 11) is 0. The molecule has 0 aliphatic heterocycles. The number of benzene rings is 1. The van der Waals surface area contributed by atoms with Crippen molar-refractivity contribution in [1.82, 2.24) is 20.3 Å². The topological polar surface area (TPSA) is 42.7 Å². The maximum atomic E-state index is 4.19. The van der Waals surface area contributed by atoms with Crippen molar-refractivity contribution in [1.29, 1.82) is 0 Å². The van der Waals surface area contributed by atoms with Gasteiger partial charge in [0.15, 0.2) is 0 Å². The summed E-state index contributed by atoms with van der Waals surface area (Å²) in [4.78, 5) is 0. The minimum atomic E-state index is 0.0837. The zero-order valence-corrected chi connectivity index (χ0v) is 12.1. The van der Waals surface area contributed by atoms with Gasteiger partial charge >= 0.3 is 0 Å². The Labute approximate surface area is 114 Å². The molecule has 0 radical (unpaired) electrons. The lowest BCUT2D eigenvalue weighted by Crippen LogP contribution is -2.35. The third-order valence-corrected chi connectivity index (χ3v) is 2.98. The van der Waals surface area contributed by atoms with Crippen LogP contribution in [0.2, 0.25) is 0 Å². The van der Waals surface area contributed by atoms with Gasteiger partial charge in [-0.2, -0.15) is 0 Å². The summed E-state index contributed by atoms with van der Waals surface area (Å²) in [6, 6.07) is 8.42. The summed E-state index contributed by atoms with van der Waals surface area (Å²) in [5.74, 6) is 0. The quantitative estimate of drug-likeness (QED) is 0.917. The second-order valence-electron chi connectivity index (χ2n) is 5.76. The highest BCUT2D eigenvalue weighted by Gasteiger charge is 2.12. The molecule has 0 unspecified atom stereocenters. The summed E-state index contributed by atoms with van der Waals surface area (Å²) in [5.41, 5.74) is 3.54. The van der Waals surface area contributed by atoms with Crippen LogP contribution in [0.25, 0.3) is 5.69 Å². The van der Waals surface area contributed by atoms with E-state index >= 15 is 0 Å². The molecule has 1 aromatic heterocycles. The molecular weight excluding hydrogens is 236 g/mol. The Kier molecular flexibility index (Phi) is 4.00. The molecule has 102 valence electrons. The molecule has 0 saturated carbocycles. The van der Waals surface area contributed by atoms with Crippen LogP contribution in [0.3, 0.4) is 0 Å². The molecule has 1 aromatic carbocycles. The van der Waals surface area contributed by atoms with Crippen LogP contribution in [0.15, 0.2) is 30.5 Å². The molecule has 0 fully saturated rings. The predicted molar refractivity (Wildman–Crippen MR) is 77.3 cm³/mol. The Morgan fingerprint density at radius 1 is 1.26 bits per heavy atom. The second-order valence-corrected chi connectivity index (χ2v) is 5.76. The molecule has 4 nitrogen and oxygen atoms in total. The molecule has 0 saturated heterocycles. The Morgan fingerprint density at radius 2 is 2.05 bits per heavy atom. The molecule has 0 spiro atoms. The Bertz CT molecular complexity index is 537. The van der Waals surface area contributed by atoms with Gasteiger partial charge in [0.05, 0.1) is 17.6 Å². The molecule has 0 bridgehead atoms. The molecule has 1 N–H and O–H groups in total. The lowest BCUT2D eigenvalue weighted by atomic mass is 10.1. The van der Waals surface area contributed by atoms with E-state index in [9.17, 15) is 0 Å². The van der Waals surface area contributed by atoms with Crippen LogP contribution >= 0.6 is 0 Å². The first-order chi connectivity index (χ1) is 8.99. The van der Waals surface area contributed by atoms with Crippen LogP contribution in [0, 0.1) is 0 Å². The van der Waals surface area contributed by atoms with Gasteiger partial charge in [0.25, 0.3) is 0 Å². The van der Waals surface area contributed by atoms with Crippen LogP contribution in [-0.2, 0) is 13.0 Å². The molecule has 0 aliphatic rings. The van der Waals surface area contributed by atoms with Crippen molar-refractivity contribution in [3.8, 4) is 5.69 Å². The summed E-state index contributed by atoms with van der Waals surface area (Å²) in [6.07, 6.45) is 2.84. The Morgan fingerprint density at radius 3 is 2.74 bits per heavy atom. The minimum absolute atomic E-state index is 0.0837. The van der Waals surface area contributed by atoms with Crippen molar-refractivity contribution in [3.05, 3.63) is 41.7 Å². The maximum Gasteiger partial charge on any atom is 0.0783 e. The monoisotopic (exact) mass is 258 g/mol. The normalized spacial score (nSPS) is 11.8. The minimum Gasteiger partial charge on any atom is -0.306 e. The molecule has 0 atom stereocenters. The van der Waals surface area contributed by atoms with Crippen molar-refractivity contribution >= 4 is 0 Å². The summed E-state index contributed by atoms with van der Waals surface area (Å²) in [6.45, 7) is 9.37. The molecular formula is C15H22N4. The first-order valence-corrected chi connectivity index (χ1v) is 6.73. The maximum absolute atomic E-state index is 4.19. The van der Waals surface area contributed by atoms with Crippen molar-refractivity contribution in [3.63, 3.8) is 0 Å². The van der Waals surface area contributed by atoms with Crippen LogP contribution < -0.4 is 5.32 Å². The van der Waals surface area contributed by atoms with E-state index in [4.69, 9.17) is 0 Å². The van der Waals surface area contributed by atoms with Gasteiger partial charge in [-0.3, -0.25) is 0 Å². The number of aryl methyl sites for hydroxylation is 1. The van der Waals surface area contributed by atoms with Crippen LogP contribution in [0.1, 0.15) is 39.0 Å². The lowest BCUT2D eigenvalue weighted by Gasteiger charge is -2.20. The highest BCUT2D eigenvalue weighted by Crippen LogP contribution is 2.13. The zero-order chi connectivity index (χ0) is 13.9. The second kappa shape index (κ2) is 5.53. The standard InChI is InChI=1S/C15H22N4/c1-5-12-7-6-8-13(9-12)19-14(11-17-18-19)10-16-15(2,3)4/h6-9,11,16H,5,10H2,1-4H3. The first-order valence-electron chi connectivity index (χ1n) is 6.73. The Balaban J connectivity index is 2.23. The number of hydrogen-bond donors (Lipinski definition) is 1. The molecule has 1 heterocycles. The molecule has 2 aromatic rings. The number of hydrogen-bond acceptors (Lipinski definition) is 3. The smallest absolute Gasteiger partial charge is 0.0783 e. The Hall–Kier alpha value is -1.68. The third-order valence-electron chi connectivity index (χ3n) is 2.98. The highest BCUT2D eigenvalue weighted by molar-refractivity contribution is 5.36. The predicted octanol–water partition coefficient (Wildman–Crippen LogP) is 2.72. The van der Waals surface area contributed by atoms with Crippen molar-refractivity contribution in [2.75, 3.05) is 0 Å². The fourth-order valence-corrected chi connectivity index (χ4v) is 1.86. The molecule has 0 amide bonds. The molecule has 2 rings (SSSR count). The van der Waals surface area contributed by atoms with E-state index in [1.165, 1.54) is 5.56 Å². The number of rotatable bonds is 4. The van der Waals surface area contributed by atoms with E-state index in [0.717, 1.165) is 24.3 Å². The molecule has 0 aliphatic carbocycles. The van der Waals surface area contributed by atoms with Crippen LogP contribution in [0.4, 0.5) is 0 Å². The number of aromatic nitrogens is 3. The highest BCUT2D eigenvalue weighted by atomic mass is 15.4. The summed E-state index contributed by atoms with van der Waals surface area (Å²) in [5, 5.41) is 11.7. The van der Waals surface area contributed by atoms with E-state index in [-0.39, 0.29) is 5.54 Å². The average Bonchev–Trinajstić information content (AvgIpc) is 2.84. The number of nitrogens with zero attached hydrogens (tertiary/aromatic N) is 3. The lowest BCUT2D eigenvalue weighted by molar-refractivity contribution is 0.418. The molecule has 4 heteroatoms. The fraction of sp³-hybridized carbons (Fsp3) is 0.467. The van der Waals surface area contributed by atoms with Gasteiger partial charge in [-0.25, -0.2) is 4.68 Å². The van der Waals surface area contributed by atoms with Crippen molar-refractivity contribution < 1.29 is 0 Å². The van der Waals surface area contributed by atoms with Gasteiger partial charge in [0.2, 0.25) is 0 Å². The SMILES string of the molecule is CCc1cccc(-n2nncc2CNC(C)(C)C)c1. The van der Waals surface area contributed by atoms with Crippen molar-refractivity contribution in [2.45, 2.75) is 46.2 Å².